The molecule has 0 bridgehead atoms. The molecule has 3 N–H and O–H groups in total. The highest BCUT2D eigenvalue weighted by Gasteiger charge is 2.14. The molecule has 124 valence electrons. The molecular formula is C14H13ClN6OS2. The second kappa shape index (κ2) is 7.20. The smallest absolute Gasteiger partial charge is 0.236 e. The van der Waals surface area contributed by atoms with E-state index in [1.807, 2.05) is 19.1 Å². The van der Waals surface area contributed by atoms with E-state index < -0.39 is 0 Å². The molecule has 1 aromatic carbocycles. The molecule has 1 amide bonds. The molecule has 0 spiro atoms. The van der Waals surface area contributed by atoms with E-state index in [-0.39, 0.29) is 11.7 Å². The van der Waals surface area contributed by atoms with Gasteiger partial charge in [-0.3, -0.25) is 4.79 Å². The summed E-state index contributed by atoms with van der Waals surface area (Å²) >= 11 is 8.50. The zero-order valence-corrected chi connectivity index (χ0v) is 15.0. The van der Waals surface area contributed by atoms with Gasteiger partial charge in [-0.1, -0.05) is 23.4 Å². The van der Waals surface area contributed by atoms with Crippen molar-refractivity contribution in [3.05, 3.63) is 40.4 Å². The first-order valence-corrected chi connectivity index (χ1v) is 9.02. The first kappa shape index (κ1) is 16.7. The van der Waals surface area contributed by atoms with Crippen LogP contribution in [0.4, 0.5) is 5.13 Å². The molecule has 0 aliphatic rings. The van der Waals surface area contributed by atoms with Gasteiger partial charge in [0.1, 0.15) is 0 Å². The Morgan fingerprint density at radius 2 is 2.12 bits per heavy atom. The van der Waals surface area contributed by atoms with Gasteiger partial charge >= 0.3 is 0 Å². The zero-order valence-electron chi connectivity index (χ0n) is 12.6. The lowest BCUT2D eigenvalue weighted by molar-refractivity contribution is -0.113. The Morgan fingerprint density at radius 1 is 1.38 bits per heavy atom. The number of aryl methyl sites for hydroxylation is 1. The van der Waals surface area contributed by atoms with Crippen LogP contribution in [-0.2, 0) is 4.79 Å². The number of hydrogen-bond acceptors (Lipinski definition) is 7. The SMILES string of the molecule is Cc1cnc(NC(=O)CSc2nnc(-c3ccc(Cl)cc3)n2N)s1. The number of halogens is 1. The van der Waals surface area contributed by atoms with Crippen molar-refractivity contribution < 1.29 is 4.79 Å². The van der Waals surface area contributed by atoms with E-state index in [0.29, 0.717) is 21.1 Å². The summed E-state index contributed by atoms with van der Waals surface area (Å²) in [6.07, 6.45) is 1.71. The Morgan fingerprint density at radius 3 is 2.79 bits per heavy atom. The van der Waals surface area contributed by atoms with Crippen LogP contribution in [0.2, 0.25) is 5.02 Å². The molecule has 0 fully saturated rings. The molecule has 3 aromatic rings. The second-order valence-electron chi connectivity index (χ2n) is 4.80. The number of carbonyl (C=O) groups is 1. The predicted molar refractivity (Wildman–Crippen MR) is 96.8 cm³/mol. The third-order valence-electron chi connectivity index (χ3n) is 2.97. The second-order valence-corrected chi connectivity index (χ2v) is 7.41. The lowest BCUT2D eigenvalue weighted by Gasteiger charge is -2.04. The lowest BCUT2D eigenvalue weighted by atomic mass is 10.2. The van der Waals surface area contributed by atoms with Crippen molar-refractivity contribution in [1.82, 2.24) is 19.9 Å². The van der Waals surface area contributed by atoms with Gasteiger partial charge in [0.25, 0.3) is 0 Å². The van der Waals surface area contributed by atoms with Gasteiger partial charge in [0, 0.05) is 21.7 Å². The minimum absolute atomic E-state index is 0.161. The predicted octanol–water partition coefficient (Wildman–Crippen LogP) is 2.81. The number of thiazole rings is 1. The number of nitrogens with two attached hydrogens (primary N) is 1. The van der Waals surface area contributed by atoms with Gasteiger partial charge in [0.2, 0.25) is 11.1 Å². The van der Waals surface area contributed by atoms with Crippen molar-refractivity contribution in [2.75, 3.05) is 16.9 Å². The number of anilines is 1. The number of nitrogens with zero attached hydrogens (tertiary/aromatic N) is 4. The van der Waals surface area contributed by atoms with E-state index in [9.17, 15) is 4.79 Å². The molecule has 0 unspecified atom stereocenters. The van der Waals surface area contributed by atoms with E-state index in [2.05, 4.69) is 20.5 Å². The first-order chi connectivity index (χ1) is 11.5. The number of amides is 1. The number of thioether (sulfide) groups is 1. The van der Waals surface area contributed by atoms with Crippen molar-refractivity contribution in [2.45, 2.75) is 12.1 Å². The number of aromatic nitrogens is 4. The van der Waals surface area contributed by atoms with Crippen molar-refractivity contribution >= 4 is 45.7 Å². The number of nitrogen functional groups attached to an aromatic ring is 1. The number of benzene rings is 1. The summed E-state index contributed by atoms with van der Waals surface area (Å²) in [6.45, 7) is 1.93. The standard InChI is InChI=1S/C14H13ClN6OS2/c1-8-6-17-13(24-8)18-11(22)7-23-14-20-19-12(21(14)16)9-2-4-10(15)5-3-9/h2-6H,7,16H2,1H3,(H,17,18,22). The summed E-state index contributed by atoms with van der Waals surface area (Å²) in [4.78, 5) is 17.1. The van der Waals surface area contributed by atoms with E-state index in [1.54, 1.807) is 18.3 Å². The summed E-state index contributed by atoms with van der Waals surface area (Å²) < 4.78 is 1.36. The van der Waals surface area contributed by atoms with Crippen LogP contribution < -0.4 is 11.2 Å². The van der Waals surface area contributed by atoms with Gasteiger partial charge in [0.15, 0.2) is 11.0 Å². The quantitative estimate of drug-likeness (QED) is 0.521. The van der Waals surface area contributed by atoms with Crippen LogP contribution in [0.15, 0.2) is 35.6 Å². The molecule has 0 saturated carbocycles. The lowest BCUT2D eigenvalue weighted by Crippen LogP contribution is -2.16. The van der Waals surface area contributed by atoms with Gasteiger partial charge in [-0.25, -0.2) is 9.66 Å². The van der Waals surface area contributed by atoms with Crippen LogP contribution in [0.25, 0.3) is 11.4 Å². The molecule has 0 atom stereocenters. The largest absolute Gasteiger partial charge is 0.335 e. The molecule has 10 heteroatoms. The summed E-state index contributed by atoms with van der Waals surface area (Å²) in [5.74, 6) is 6.50. The minimum Gasteiger partial charge on any atom is -0.335 e. The molecule has 2 heterocycles. The third kappa shape index (κ3) is 3.86. The first-order valence-electron chi connectivity index (χ1n) is 6.84. The van der Waals surface area contributed by atoms with Crippen LogP contribution >= 0.6 is 34.7 Å². The highest BCUT2D eigenvalue weighted by Crippen LogP contribution is 2.23. The highest BCUT2D eigenvalue weighted by atomic mass is 35.5. The summed E-state index contributed by atoms with van der Waals surface area (Å²) in [6, 6.07) is 7.12. The number of nitrogens with one attached hydrogen (secondary N) is 1. The Labute approximate surface area is 151 Å². The normalized spacial score (nSPS) is 10.8. The van der Waals surface area contributed by atoms with Crippen LogP contribution in [0, 0.1) is 6.92 Å². The maximum absolute atomic E-state index is 11.9. The van der Waals surface area contributed by atoms with Gasteiger partial charge in [0.05, 0.1) is 5.75 Å². The maximum Gasteiger partial charge on any atom is 0.236 e. The molecule has 2 aromatic heterocycles. The number of hydrogen-bond donors (Lipinski definition) is 2. The molecule has 3 rings (SSSR count). The van der Waals surface area contributed by atoms with Crippen molar-refractivity contribution in [2.24, 2.45) is 0 Å². The van der Waals surface area contributed by atoms with Gasteiger partial charge < -0.3 is 11.2 Å². The summed E-state index contributed by atoms with van der Waals surface area (Å²) in [5, 5.41) is 12.5. The Hall–Kier alpha value is -2.10. The summed E-state index contributed by atoms with van der Waals surface area (Å²) in [7, 11) is 0. The van der Waals surface area contributed by atoms with Gasteiger partial charge in [-0.15, -0.1) is 21.5 Å². The average Bonchev–Trinajstić information content (AvgIpc) is 3.12. The summed E-state index contributed by atoms with van der Waals surface area (Å²) in [5.41, 5.74) is 0.795. The van der Waals surface area contributed by atoms with Crippen LogP contribution in [0.1, 0.15) is 4.88 Å². The minimum atomic E-state index is -0.176. The van der Waals surface area contributed by atoms with Gasteiger partial charge in [-0.05, 0) is 31.2 Å². The third-order valence-corrected chi connectivity index (χ3v) is 4.99. The Kier molecular flexibility index (Phi) is 5.03. The molecule has 0 aliphatic carbocycles. The van der Waals surface area contributed by atoms with Crippen LogP contribution in [-0.4, -0.2) is 31.5 Å². The van der Waals surface area contributed by atoms with Crippen molar-refractivity contribution in [1.29, 1.82) is 0 Å². The highest BCUT2D eigenvalue weighted by molar-refractivity contribution is 7.99. The van der Waals surface area contributed by atoms with E-state index in [0.717, 1.165) is 10.4 Å². The average molecular weight is 381 g/mol. The molecule has 7 nitrogen and oxygen atoms in total. The maximum atomic E-state index is 11.9. The number of rotatable bonds is 5. The van der Waals surface area contributed by atoms with Gasteiger partial charge in [-0.2, -0.15) is 0 Å². The van der Waals surface area contributed by atoms with Crippen LogP contribution in [0.5, 0.6) is 0 Å². The Balaban J connectivity index is 1.63. The van der Waals surface area contributed by atoms with Crippen LogP contribution in [0.3, 0.4) is 0 Å². The fourth-order valence-corrected chi connectivity index (χ4v) is 3.33. The molecule has 0 radical (unpaired) electrons. The number of carbonyl (C=O) groups excluding carboxylic acids is 1. The molecular weight excluding hydrogens is 368 g/mol. The van der Waals surface area contributed by atoms with Crippen molar-refractivity contribution in [3.63, 3.8) is 0 Å². The topological polar surface area (TPSA) is 98.7 Å². The van der Waals surface area contributed by atoms with Crippen molar-refractivity contribution in [3.8, 4) is 11.4 Å². The fourth-order valence-electron chi connectivity index (χ4n) is 1.87. The molecule has 24 heavy (non-hydrogen) atoms. The van der Waals surface area contributed by atoms with E-state index in [1.165, 1.54) is 27.8 Å². The monoisotopic (exact) mass is 380 g/mol. The van der Waals surface area contributed by atoms with E-state index >= 15 is 0 Å². The fraction of sp³-hybridized carbons (Fsp3) is 0.143. The zero-order chi connectivity index (χ0) is 17.1. The van der Waals surface area contributed by atoms with E-state index in [4.69, 9.17) is 17.4 Å². The molecule has 0 saturated heterocycles. The molecule has 0 aliphatic heterocycles. The Bertz CT molecular complexity index is 861.